The highest BCUT2D eigenvalue weighted by atomic mass is 35.5. The monoisotopic (exact) mass is 353 g/mol. The molecule has 1 N–H and O–H groups in total. The number of furan rings is 1. The van der Waals surface area contributed by atoms with Crippen molar-refractivity contribution in [2.75, 3.05) is 11.4 Å². The molecule has 1 aliphatic heterocycles. The molecule has 0 bridgehead atoms. The number of ether oxygens (including phenoxy) is 1. The normalized spacial score (nSPS) is 14.3. The Kier molecular flexibility index (Phi) is 4.19. The van der Waals surface area contributed by atoms with Gasteiger partial charge in [0.15, 0.2) is 5.76 Å². The van der Waals surface area contributed by atoms with Crippen LogP contribution in [0.4, 0.5) is 10.3 Å². The molecule has 1 aromatic carbocycles. The van der Waals surface area contributed by atoms with Crippen LogP contribution in [0, 0.1) is 5.82 Å². The molecule has 0 aliphatic carbocycles. The van der Waals surface area contributed by atoms with Gasteiger partial charge in [-0.2, -0.15) is 0 Å². The zero-order valence-electron chi connectivity index (χ0n) is 12.6. The van der Waals surface area contributed by atoms with Gasteiger partial charge >= 0.3 is 5.97 Å². The second kappa shape index (κ2) is 6.16. The number of nitrogens with zero attached hydrogens (tertiary/aromatic N) is 1. The lowest BCUT2D eigenvalue weighted by Gasteiger charge is -2.13. The first-order valence-corrected chi connectivity index (χ1v) is 7.56. The van der Waals surface area contributed by atoms with Crippen molar-refractivity contribution in [1.29, 1.82) is 0 Å². The van der Waals surface area contributed by atoms with Gasteiger partial charge in [-0.3, -0.25) is 14.5 Å². The Bertz CT molecular complexity index is 832. The Balaban J connectivity index is 2.17. The first-order chi connectivity index (χ1) is 11.4. The van der Waals surface area contributed by atoms with E-state index in [4.69, 9.17) is 20.8 Å². The predicted octanol–water partition coefficient (Wildman–Crippen LogP) is 3.50. The predicted molar refractivity (Wildman–Crippen MR) is 83.7 cm³/mol. The van der Waals surface area contributed by atoms with Gasteiger partial charge in [-0.05, 0) is 24.6 Å². The molecule has 6 nitrogen and oxygen atoms in total. The summed E-state index contributed by atoms with van der Waals surface area (Å²) >= 11 is 6.03. The maximum atomic E-state index is 13.5. The fourth-order valence-corrected chi connectivity index (χ4v) is 2.73. The molecule has 1 fully saturated rings. The average Bonchev–Trinajstić information content (AvgIpc) is 3.06. The molecule has 2 aromatic rings. The van der Waals surface area contributed by atoms with Crippen molar-refractivity contribution in [2.45, 2.75) is 19.8 Å². The Hall–Kier alpha value is -2.54. The van der Waals surface area contributed by atoms with Gasteiger partial charge < -0.3 is 14.3 Å². The summed E-state index contributed by atoms with van der Waals surface area (Å²) in [4.78, 5) is 24.5. The van der Waals surface area contributed by atoms with E-state index in [-0.39, 0.29) is 33.9 Å². The summed E-state index contributed by atoms with van der Waals surface area (Å²) in [5, 5.41) is 10.5. The van der Waals surface area contributed by atoms with Crippen LogP contribution in [0.3, 0.4) is 0 Å². The average molecular weight is 354 g/mol. The summed E-state index contributed by atoms with van der Waals surface area (Å²) < 4.78 is 24.1. The van der Waals surface area contributed by atoms with Crippen LogP contribution in [-0.2, 0) is 9.59 Å². The third-order valence-corrected chi connectivity index (χ3v) is 3.89. The Morgan fingerprint density at radius 2 is 2.21 bits per heavy atom. The van der Waals surface area contributed by atoms with Gasteiger partial charge in [0.2, 0.25) is 17.4 Å². The third kappa shape index (κ3) is 2.82. The molecule has 3 rings (SSSR count). The topological polar surface area (TPSA) is 80.0 Å². The second-order valence-electron chi connectivity index (χ2n) is 5.28. The van der Waals surface area contributed by atoms with E-state index in [0.717, 1.165) is 19.1 Å². The first kappa shape index (κ1) is 16.3. The van der Waals surface area contributed by atoms with Crippen molar-refractivity contribution in [3.05, 3.63) is 29.0 Å². The van der Waals surface area contributed by atoms with E-state index < -0.39 is 17.5 Å². The number of hydrogen-bond donors (Lipinski definition) is 1. The maximum Gasteiger partial charge on any atom is 0.308 e. The van der Waals surface area contributed by atoms with Crippen LogP contribution in [0.1, 0.15) is 19.8 Å². The minimum atomic E-state index is -0.698. The van der Waals surface area contributed by atoms with Crippen LogP contribution in [0.2, 0.25) is 5.02 Å². The zero-order valence-corrected chi connectivity index (χ0v) is 13.4. The van der Waals surface area contributed by atoms with Gasteiger partial charge in [0.05, 0.1) is 5.02 Å². The molecule has 0 spiro atoms. The smallest absolute Gasteiger partial charge is 0.308 e. The van der Waals surface area contributed by atoms with Crippen LogP contribution < -0.4 is 9.64 Å². The molecular formula is C16H13ClFNO5. The molecule has 1 aromatic heterocycles. The summed E-state index contributed by atoms with van der Waals surface area (Å²) in [7, 11) is 0. The lowest BCUT2D eigenvalue weighted by molar-refractivity contribution is -0.132. The van der Waals surface area contributed by atoms with E-state index in [1.54, 1.807) is 0 Å². The van der Waals surface area contributed by atoms with Gasteiger partial charge in [-0.25, -0.2) is 4.39 Å². The van der Waals surface area contributed by atoms with E-state index in [0.29, 0.717) is 19.4 Å². The number of halogens is 2. The van der Waals surface area contributed by atoms with E-state index >= 15 is 0 Å². The number of rotatable bonds is 3. The summed E-state index contributed by atoms with van der Waals surface area (Å²) in [6, 6.07) is 3.54. The van der Waals surface area contributed by atoms with Crippen LogP contribution in [0.5, 0.6) is 11.5 Å². The molecule has 1 amide bonds. The number of hydrogen-bond acceptors (Lipinski definition) is 5. The molecule has 0 atom stereocenters. The van der Waals surface area contributed by atoms with Gasteiger partial charge in [-0.1, -0.05) is 11.6 Å². The number of esters is 1. The van der Waals surface area contributed by atoms with Gasteiger partial charge in [0.1, 0.15) is 5.82 Å². The number of carbonyl (C=O) groups is 2. The number of benzene rings is 1. The fraction of sp³-hybridized carbons (Fsp3) is 0.250. The number of aromatic hydroxyl groups is 1. The van der Waals surface area contributed by atoms with Crippen molar-refractivity contribution >= 4 is 29.4 Å². The summed E-state index contributed by atoms with van der Waals surface area (Å²) in [5.74, 6) is -2.59. The molecule has 24 heavy (non-hydrogen) atoms. The molecule has 1 saturated heterocycles. The molecule has 0 radical (unpaired) electrons. The summed E-state index contributed by atoms with van der Waals surface area (Å²) in [6.07, 6.45) is 0.924. The van der Waals surface area contributed by atoms with E-state index in [9.17, 15) is 19.1 Å². The quantitative estimate of drug-likeness (QED) is 0.854. The summed E-state index contributed by atoms with van der Waals surface area (Å²) in [5.41, 5.74) is 0.0838. The number of carbonyl (C=O) groups excluding carboxylic acids is 2. The highest BCUT2D eigenvalue weighted by molar-refractivity contribution is 6.33. The molecule has 8 heteroatoms. The van der Waals surface area contributed by atoms with E-state index in [2.05, 4.69) is 0 Å². The standard InChI is InChI=1S/C16H13ClFNO5/c1-8(20)23-15-13(22)14(10-7-9(18)4-5-11(10)17)24-16(15)19-6-2-3-12(19)21/h4-5,7,22H,2-3,6H2,1H3. The van der Waals surface area contributed by atoms with Crippen LogP contribution in [0.25, 0.3) is 11.3 Å². The van der Waals surface area contributed by atoms with E-state index in [1.165, 1.54) is 11.0 Å². The fourth-order valence-electron chi connectivity index (χ4n) is 2.53. The zero-order chi connectivity index (χ0) is 17.4. The molecular weight excluding hydrogens is 341 g/mol. The maximum absolute atomic E-state index is 13.5. The molecule has 0 unspecified atom stereocenters. The molecule has 126 valence electrons. The Morgan fingerprint density at radius 1 is 1.46 bits per heavy atom. The van der Waals surface area contributed by atoms with Crippen LogP contribution in [-0.4, -0.2) is 23.5 Å². The highest BCUT2D eigenvalue weighted by Crippen LogP contribution is 2.50. The second-order valence-corrected chi connectivity index (χ2v) is 5.69. The lowest BCUT2D eigenvalue weighted by atomic mass is 10.1. The first-order valence-electron chi connectivity index (χ1n) is 7.18. The van der Waals surface area contributed by atoms with Crippen LogP contribution >= 0.6 is 11.6 Å². The largest absolute Gasteiger partial charge is 0.502 e. The van der Waals surface area contributed by atoms with Gasteiger partial charge in [0.25, 0.3) is 5.88 Å². The van der Waals surface area contributed by atoms with Crippen LogP contribution in [0.15, 0.2) is 22.6 Å². The van der Waals surface area contributed by atoms with E-state index in [1.807, 2.05) is 0 Å². The van der Waals surface area contributed by atoms with Crippen molar-refractivity contribution in [3.8, 4) is 22.8 Å². The van der Waals surface area contributed by atoms with Crippen molar-refractivity contribution in [3.63, 3.8) is 0 Å². The lowest BCUT2D eigenvalue weighted by Crippen LogP contribution is -2.24. The highest BCUT2D eigenvalue weighted by Gasteiger charge is 2.33. The minimum absolute atomic E-state index is 0.0838. The summed E-state index contributed by atoms with van der Waals surface area (Å²) in [6.45, 7) is 1.51. The van der Waals surface area contributed by atoms with Crippen molar-refractivity contribution in [2.24, 2.45) is 0 Å². The number of amides is 1. The number of anilines is 1. The third-order valence-electron chi connectivity index (χ3n) is 3.56. The van der Waals surface area contributed by atoms with Crippen molar-refractivity contribution < 1.29 is 28.2 Å². The molecule has 0 saturated carbocycles. The Labute approximate surface area is 141 Å². The Morgan fingerprint density at radius 3 is 2.83 bits per heavy atom. The minimum Gasteiger partial charge on any atom is -0.502 e. The molecule has 2 heterocycles. The molecule has 1 aliphatic rings. The van der Waals surface area contributed by atoms with Crippen molar-refractivity contribution in [1.82, 2.24) is 0 Å². The van der Waals surface area contributed by atoms with Gasteiger partial charge in [-0.15, -0.1) is 0 Å². The SMILES string of the molecule is CC(=O)Oc1c(N2CCCC2=O)oc(-c2cc(F)ccc2Cl)c1O. The van der Waals surface area contributed by atoms with Gasteiger partial charge in [0, 0.05) is 25.5 Å².